The van der Waals surface area contributed by atoms with Gasteiger partial charge in [0.1, 0.15) is 4.32 Å². The molecule has 0 fully saturated rings. The average molecular weight is 303 g/mol. The lowest BCUT2D eigenvalue weighted by Crippen LogP contribution is -2.37. The van der Waals surface area contributed by atoms with Crippen LogP contribution >= 0.6 is 27.7 Å². The molecule has 0 radical (unpaired) electrons. The highest BCUT2D eigenvalue weighted by Gasteiger charge is 2.36. The molecule has 16 heavy (non-hydrogen) atoms. The molecule has 1 rings (SSSR count). The highest BCUT2D eigenvalue weighted by molar-refractivity contribution is 9.10. The summed E-state index contributed by atoms with van der Waals surface area (Å²) in [4.78, 5) is 11.0. The van der Waals surface area contributed by atoms with Crippen molar-refractivity contribution in [2.45, 2.75) is 29.2 Å². The van der Waals surface area contributed by atoms with Crippen LogP contribution in [0.5, 0.6) is 0 Å². The minimum absolute atomic E-state index is 0.00482. The topological polar surface area (TPSA) is 37.3 Å². The van der Waals surface area contributed by atoms with Gasteiger partial charge in [0.05, 0.1) is 0 Å². The summed E-state index contributed by atoms with van der Waals surface area (Å²) in [5.74, 6) is 0.0109. The molecule has 0 heterocycles. The number of alkyl halides is 1. The Labute approximate surface area is 109 Å². The lowest BCUT2D eigenvalue weighted by Gasteiger charge is -2.24. The van der Waals surface area contributed by atoms with Crippen molar-refractivity contribution >= 4 is 33.7 Å². The van der Waals surface area contributed by atoms with Gasteiger partial charge >= 0.3 is 5.97 Å². The summed E-state index contributed by atoms with van der Waals surface area (Å²) in [6.07, 6.45) is 0. The summed E-state index contributed by atoms with van der Waals surface area (Å²) >= 11 is 4.90. The van der Waals surface area contributed by atoms with E-state index in [2.05, 4.69) is 15.9 Å². The zero-order valence-corrected chi connectivity index (χ0v) is 11.7. The van der Waals surface area contributed by atoms with Crippen LogP contribution in [-0.4, -0.2) is 20.7 Å². The maximum absolute atomic E-state index is 11.0. The van der Waals surface area contributed by atoms with Gasteiger partial charge in [-0.3, -0.25) is 4.79 Å². The third-order valence-electron chi connectivity index (χ3n) is 2.52. The van der Waals surface area contributed by atoms with Crippen molar-refractivity contribution in [3.05, 3.63) is 35.9 Å². The second-order valence-electron chi connectivity index (χ2n) is 3.82. The molecule has 0 amide bonds. The van der Waals surface area contributed by atoms with Gasteiger partial charge in [-0.05, 0) is 12.5 Å². The van der Waals surface area contributed by atoms with Crippen LogP contribution in [0.25, 0.3) is 0 Å². The number of carboxylic acid groups (broad SMARTS) is 1. The maximum Gasteiger partial charge on any atom is 0.321 e. The molecule has 2 atom stereocenters. The molecule has 0 aliphatic rings. The average Bonchev–Trinajstić information content (AvgIpc) is 2.27. The summed E-state index contributed by atoms with van der Waals surface area (Å²) in [6, 6.07) is 10.1. The standard InChI is InChI=1S/C12H15BrO2S/c1-9(12(2,13)11(14)15)16-8-10-6-4-3-5-7-10/h3-7,9H,8H2,1-2H3,(H,14,15). The van der Waals surface area contributed by atoms with Gasteiger partial charge in [-0.25, -0.2) is 0 Å². The lowest BCUT2D eigenvalue weighted by atomic mass is 10.1. The summed E-state index contributed by atoms with van der Waals surface area (Å²) < 4.78 is -0.869. The third kappa shape index (κ3) is 3.52. The first-order valence-corrected chi connectivity index (χ1v) is 6.86. The summed E-state index contributed by atoms with van der Waals surface area (Å²) in [6.45, 7) is 3.62. The van der Waals surface area contributed by atoms with E-state index in [-0.39, 0.29) is 5.25 Å². The highest BCUT2D eigenvalue weighted by Crippen LogP contribution is 2.33. The minimum atomic E-state index is -0.869. The van der Waals surface area contributed by atoms with Crippen LogP contribution in [-0.2, 0) is 10.5 Å². The van der Waals surface area contributed by atoms with E-state index in [0.29, 0.717) is 0 Å². The molecule has 0 spiro atoms. The predicted molar refractivity (Wildman–Crippen MR) is 72.2 cm³/mol. The molecule has 1 aromatic rings. The zero-order valence-electron chi connectivity index (χ0n) is 9.31. The van der Waals surface area contributed by atoms with E-state index in [4.69, 9.17) is 5.11 Å². The molecule has 0 aromatic heterocycles. The minimum Gasteiger partial charge on any atom is -0.480 e. The van der Waals surface area contributed by atoms with Crippen molar-refractivity contribution < 1.29 is 9.90 Å². The Hall–Kier alpha value is -0.480. The van der Waals surface area contributed by atoms with Crippen molar-refractivity contribution in [1.29, 1.82) is 0 Å². The Morgan fingerprint density at radius 1 is 1.50 bits per heavy atom. The van der Waals surface area contributed by atoms with E-state index in [0.717, 1.165) is 5.75 Å². The number of hydrogen-bond donors (Lipinski definition) is 1. The Morgan fingerprint density at radius 2 is 2.06 bits per heavy atom. The van der Waals surface area contributed by atoms with E-state index >= 15 is 0 Å². The molecule has 2 nitrogen and oxygen atoms in total. The molecular weight excluding hydrogens is 288 g/mol. The number of carbonyl (C=O) groups is 1. The fraction of sp³-hybridized carbons (Fsp3) is 0.417. The smallest absolute Gasteiger partial charge is 0.321 e. The summed E-state index contributed by atoms with van der Waals surface area (Å²) in [5, 5.41) is 9.05. The monoisotopic (exact) mass is 302 g/mol. The molecule has 88 valence electrons. The number of rotatable bonds is 5. The zero-order chi connectivity index (χ0) is 12.2. The van der Waals surface area contributed by atoms with Gasteiger partial charge in [-0.2, -0.15) is 11.8 Å². The number of aliphatic carboxylic acids is 1. The molecule has 1 N–H and O–H groups in total. The number of carboxylic acids is 1. The quantitative estimate of drug-likeness (QED) is 0.845. The molecule has 0 aliphatic carbocycles. The van der Waals surface area contributed by atoms with Gasteiger partial charge < -0.3 is 5.11 Å². The van der Waals surface area contributed by atoms with Crippen LogP contribution in [0.15, 0.2) is 30.3 Å². The molecule has 0 aliphatic heterocycles. The van der Waals surface area contributed by atoms with E-state index in [1.165, 1.54) is 5.56 Å². The van der Waals surface area contributed by atoms with Crippen LogP contribution in [0, 0.1) is 0 Å². The fourth-order valence-electron chi connectivity index (χ4n) is 1.13. The first-order valence-electron chi connectivity index (χ1n) is 5.02. The van der Waals surface area contributed by atoms with Crippen LogP contribution in [0.3, 0.4) is 0 Å². The highest BCUT2D eigenvalue weighted by atomic mass is 79.9. The number of benzene rings is 1. The van der Waals surface area contributed by atoms with E-state index in [9.17, 15) is 4.79 Å². The van der Waals surface area contributed by atoms with E-state index in [1.807, 2.05) is 37.3 Å². The molecule has 2 unspecified atom stereocenters. The molecule has 0 bridgehead atoms. The SMILES string of the molecule is CC(SCc1ccccc1)C(C)(Br)C(=O)O. The van der Waals surface area contributed by atoms with Gasteiger partial charge in [0.15, 0.2) is 0 Å². The van der Waals surface area contributed by atoms with Gasteiger partial charge in [0.2, 0.25) is 0 Å². The maximum atomic E-state index is 11.0. The van der Waals surface area contributed by atoms with Crippen molar-refractivity contribution in [2.75, 3.05) is 0 Å². The predicted octanol–water partition coefficient (Wildman–Crippen LogP) is 3.55. The van der Waals surface area contributed by atoms with Crippen molar-refractivity contribution in [3.63, 3.8) is 0 Å². The van der Waals surface area contributed by atoms with Gasteiger partial charge in [-0.15, -0.1) is 0 Å². The number of halogens is 1. The molecule has 0 saturated carbocycles. The third-order valence-corrected chi connectivity index (χ3v) is 5.32. The Kier molecular flexibility index (Phi) is 4.87. The van der Waals surface area contributed by atoms with Crippen molar-refractivity contribution in [1.82, 2.24) is 0 Å². The second-order valence-corrected chi connectivity index (χ2v) is 6.80. The Morgan fingerprint density at radius 3 is 2.56 bits per heavy atom. The Balaban J connectivity index is 2.53. The van der Waals surface area contributed by atoms with Crippen molar-refractivity contribution in [2.24, 2.45) is 0 Å². The Bertz CT molecular complexity index is 351. The lowest BCUT2D eigenvalue weighted by molar-refractivity contribution is -0.139. The molecular formula is C12H15BrO2S. The second kappa shape index (κ2) is 5.73. The van der Waals surface area contributed by atoms with Crippen LogP contribution in [0.2, 0.25) is 0 Å². The largest absolute Gasteiger partial charge is 0.480 e. The van der Waals surface area contributed by atoms with Crippen LogP contribution in [0.4, 0.5) is 0 Å². The first kappa shape index (κ1) is 13.6. The summed E-state index contributed by atoms with van der Waals surface area (Å²) in [5.41, 5.74) is 1.22. The van der Waals surface area contributed by atoms with Crippen LogP contribution < -0.4 is 0 Å². The fourth-order valence-corrected chi connectivity index (χ4v) is 2.57. The molecule has 1 aromatic carbocycles. The van der Waals surface area contributed by atoms with Crippen molar-refractivity contribution in [3.8, 4) is 0 Å². The number of hydrogen-bond acceptors (Lipinski definition) is 2. The molecule has 0 saturated heterocycles. The molecule has 4 heteroatoms. The van der Waals surface area contributed by atoms with Crippen LogP contribution in [0.1, 0.15) is 19.4 Å². The van der Waals surface area contributed by atoms with Gasteiger partial charge in [0.25, 0.3) is 0 Å². The first-order chi connectivity index (χ1) is 7.44. The van der Waals surface area contributed by atoms with E-state index < -0.39 is 10.3 Å². The van der Waals surface area contributed by atoms with Gasteiger partial charge in [-0.1, -0.05) is 53.2 Å². The normalized spacial score (nSPS) is 16.4. The number of thioether (sulfide) groups is 1. The summed E-state index contributed by atoms with van der Waals surface area (Å²) in [7, 11) is 0. The van der Waals surface area contributed by atoms with Gasteiger partial charge in [0, 0.05) is 11.0 Å². The van der Waals surface area contributed by atoms with E-state index in [1.54, 1.807) is 18.7 Å².